The number of esters is 3. The van der Waals surface area contributed by atoms with Crippen LogP contribution in [0.4, 0.5) is 0 Å². The van der Waals surface area contributed by atoms with Gasteiger partial charge in [-0.15, -0.1) is 0 Å². The highest BCUT2D eigenvalue weighted by Crippen LogP contribution is 2.18. The molecule has 0 aliphatic heterocycles. The molecule has 76 heavy (non-hydrogen) atoms. The molecule has 0 rings (SSSR count). The van der Waals surface area contributed by atoms with Crippen LogP contribution in [0.1, 0.15) is 335 Å². The molecular formula is C70H124O6. The first kappa shape index (κ1) is 72.8. The van der Waals surface area contributed by atoms with Crippen molar-refractivity contribution in [3.05, 3.63) is 72.9 Å². The molecule has 0 aliphatic carbocycles. The standard InChI is InChI=1S/C70H124O6/c1-4-7-10-13-16-19-22-24-25-26-27-28-29-30-31-32-33-34-35-36-37-38-39-40-41-42-43-44-45-47-48-51-54-57-60-63-69(72)75-66-67(65-74-68(71)62-59-56-53-50-21-18-15-12-9-6-3)76-70(73)64-61-58-55-52-49-46-23-20-17-14-11-8-5-2/h7,10-11,14,16,19-20,23-25,27-28,67H,4-6,8-9,12-13,15,17-18,21-22,26,29-66H2,1-3H3/b10-7-,14-11-,19-16-,23-20-,25-24-,28-27-. The van der Waals surface area contributed by atoms with E-state index >= 15 is 0 Å². The molecule has 0 heterocycles. The maximum atomic E-state index is 12.8. The molecule has 0 bridgehead atoms. The van der Waals surface area contributed by atoms with Crippen molar-refractivity contribution in [2.24, 2.45) is 0 Å². The predicted molar refractivity (Wildman–Crippen MR) is 330 cm³/mol. The first-order chi connectivity index (χ1) is 37.5. The zero-order valence-electron chi connectivity index (χ0n) is 50.5. The highest BCUT2D eigenvalue weighted by atomic mass is 16.6. The van der Waals surface area contributed by atoms with E-state index in [4.69, 9.17) is 14.2 Å². The molecule has 0 aromatic heterocycles. The Balaban J connectivity index is 3.99. The van der Waals surface area contributed by atoms with E-state index < -0.39 is 6.10 Å². The summed E-state index contributed by atoms with van der Waals surface area (Å²) < 4.78 is 16.9. The summed E-state index contributed by atoms with van der Waals surface area (Å²) in [4.78, 5) is 38.1. The zero-order chi connectivity index (χ0) is 55.0. The maximum absolute atomic E-state index is 12.8. The van der Waals surface area contributed by atoms with Gasteiger partial charge < -0.3 is 14.2 Å². The van der Waals surface area contributed by atoms with E-state index in [2.05, 4.69) is 93.7 Å². The Kier molecular flexibility index (Phi) is 61.7. The summed E-state index contributed by atoms with van der Waals surface area (Å²) in [5.74, 6) is -0.876. The Bertz CT molecular complexity index is 1400. The number of carbonyl (C=O) groups is 3. The molecule has 0 N–H and O–H groups in total. The molecule has 6 heteroatoms. The number of carbonyl (C=O) groups excluding carboxylic acids is 3. The third-order valence-corrected chi connectivity index (χ3v) is 14.4. The predicted octanol–water partition coefficient (Wildman–Crippen LogP) is 22.5. The van der Waals surface area contributed by atoms with Crippen LogP contribution in [0.2, 0.25) is 0 Å². The summed E-state index contributed by atoms with van der Waals surface area (Å²) in [6.07, 6.45) is 83.8. The fraction of sp³-hybridized carbons (Fsp3) is 0.786. The van der Waals surface area contributed by atoms with Gasteiger partial charge in [-0.3, -0.25) is 14.4 Å². The second kappa shape index (κ2) is 64.4. The van der Waals surface area contributed by atoms with Crippen molar-refractivity contribution in [1.82, 2.24) is 0 Å². The summed E-state index contributed by atoms with van der Waals surface area (Å²) >= 11 is 0. The van der Waals surface area contributed by atoms with Gasteiger partial charge >= 0.3 is 17.9 Å². The molecule has 1 unspecified atom stereocenters. The first-order valence-electron chi connectivity index (χ1n) is 32.9. The summed E-state index contributed by atoms with van der Waals surface area (Å²) in [6.45, 7) is 6.47. The van der Waals surface area contributed by atoms with Crippen molar-refractivity contribution in [2.45, 2.75) is 341 Å². The van der Waals surface area contributed by atoms with Gasteiger partial charge in [-0.1, -0.05) is 306 Å². The first-order valence-corrected chi connectivity index (χ1v) is 32.9. The molecule has 1 atom stereocenters. The molecule has 0 aliphatic rings. The highest BCUT2D eigenvalue weighted by Gasteiger charge is 2.19. The minimum atomic E-state index is -0.777. The van der Waals surface area contributed by atoms with Crippen molar-refractivity contribution >= 4 is 17.9 Å². The van der Waals surface area contributed by atoms with Crippen LogP contribution in [0, 0.1) is 0 Å². The van der Waals surface area contributed by atoms with Crippen LogP contribution in [0.15, 0.2) is 72.9 Å². The maximum Gasteiger partial charge on any atom is 0.306 e. The quantitative estimate of drug-likeness (QED) is 0.0261. The van der Waals surface area contributed by atoms with Crippen LogP contribution < -0.4 is 0 Å². The third kappa shape index (κ3) is 61.7. The lowest BCUT2D eigenvalue weighted by Crippen LogP contribution is -2.30. The summed E-state index contributed by atoms with van der Waals surface area (Å²) in [7, 11) is 0. The summed E-state index contributed by atoms with van der Waals surface area (Å²) in [6, 6.07) is 0. The Hall–Kier alpha value is -3.15. The lowest BCUT2D eigenvalue weighted by atomic mass is 10.0. The molecule has 0 aromatic rings. The van der Waals surface area contributed by atoms with E-state index in [0.717, 1.165) is 116 Å². The number of hydrogen-bond acceptors (Lipinski definition) is 6. The molecule has 0 saturated carbocycles. The zero-order valence-corrected chi connectivity index (χ0v) is 50.5. The van der Waals surface area contributed by atoms with Crippen molar-refractivity contribution in [3.8, 4) is 0 Å². The van der Waals surface area contributed by atoms with Crippen LogP contribution in [-0.2, 0) is 28.6 Å². The normalized spacial score (nSPS) is 12.5. The molecular weight excluding hydrogens is 937 g/mol. The molecule has 0 saturated heterocycles. The number of hydrogen-bond donors (Lipinski definition) is 0. The SMILES string of the molecule is CC/C=C\C/C=C\C/C=C\C/C=C\CCCCCCCCCCCCCCCCCCCCCCCCC(=O)OCC(COC(=O)CCCCCCCCCCCC)OC(=O)CCCCCCC/C=C\C/C=C\CCC. The van der Waals surface area contributed by atoms with Crippen LogP contribution in [-0.4, -0.2) is 37.2 Å². The van der Waals surface area contributed by atoms with E-state index in [-0.39, 0.29) is 31.1 Å². The van der Waals surface area contributed by atoms with Crippen LogP contribution >= 0.6 is 0 Å². The Morgan fingerprint density at radius 1 is 0.276 bits per heavy atom. The fourth-order valence-corrected chi connectivity index (χ4v) is 9.53. The van der Waals surface area contributed by atoms with Crippen molar-refractivity contribution in [1.29, 1.82) is 0 Å². The van der Waals surface area contributed by atoms with Crippen molar-refractivity contribution in [2.75, 3.05) is 13.2 Å². The summed E-state index contributed by atoms with van der Waals surface area (Å²) in [5.41, 5.74) is 0. The van der Waals surface area contributed by atoms with E-state index in [0.29, 0.717) is 19.3 Å². The molecule has 0 aromatic carbocycles. The van der Waals surface area contributed by atoms with E-state index in [1.165, 1.54) is 180 Å². The molecule has 0 amide bonds. The van der Waals surface area contributed by atoms with Gasteiger partial charge in [0, 0.05) is 19.3 Å². The smallest absolute Gasteiger partial charge is 0.306 e. The molecule has 0 fully saturated rings. The largest absolute Gasteiger partial charge is 0.462 e. The number of rotatable bonds is 60. The van der Waals surface area contributed by atoms with E-state index in [1.807, 2.05) is 0 Å². The summed E-state index contributed by atoms with van der Waals surface area (Å²) in [5, 5.41) is 0. The molecule has 6 nitrogen and oxygen atoms in total. The number of allylic oxidation sites excluding steroid dienone is 12. The van der Waals surface area contributed by atoms with Crippen molar-refractivity contribution < 1.29 is 28.6 Å². The van der Waals surface area contributed by atoms with E-state index in [9.17, 15) is 14.4 Å². The Morgan fingerprint density at radius 2 is 0.539 bits per heavy atom. The molecule has 440 valence electrons. The van der Waals surface area contributed by atoms with Crippen LogP contribution in [0.3, 0.4) is 0 Å². The molecule has 0 spiro atoms. The van der Waals surface area contributed by atoms with Gasteiger partial charge in [-0.05, 0) is 83.5 Å². The van der Waals surface area contributed by atoms with Gasteiger partial charge in [-0.25, -0.2) is 0 Å². The lowest BCUT2D eigenvalue weighted by Gasteiger charge is -2.18. The van der Waals surface area contributed by atoms with Gasteiger partial charge in [0.1, 0.15) is 13.2 Å². The van der Waals surface area contributed by atoms with Crippen LogP contribution in [0.25, 0.3) is 0 Å². The van der Waals surface area contributed by atoms with Gasteiger partial charge in [0.2, 0.25) is 0 Å². The molecule has 0 radical (unpaired) electrons. The second-order valence-corrected chi connectivity index (χ2v) is 22.0. The van der Waals surface area contributed by atoms with Crippen LogP contribution in [0.5, 0.6) is 0 Å². The topological polar surface area (TPSA) is 78.9 Å². The average molecular weight is 1060 g/mol. The third-order valence-electron chi connectivity index (χ3n) is 14.4. The number of unbranched alkanes of at least 4 members (excludes halogenated alkanes) is 37. The minimum absolute atomic E-state index is 0.0755. The Morgan fingerprint density at radius 3 is 0.855 bits per heavy atom. The second-order valence-electron chi connectivity index (χ2n) is 22.0. The monoisotopic (exact) mass is 1060 g/mol. The van der Waals surface area contributed by atoms with Gasteiger partial charge in [0.05, 0.1) is 0 Å². The van der Waals surface area contributed by atoms with Crippen molar-refractivity contribution in [3.63, 3.8) is 0 Å². The number of ether oxygens (including phenoxy) is 3. The fourth-order valence-electron chi connectivity index (χ4n) is 9.53. The Labute approximate surface area is 472 Å². The van der Waals surface area contributed by atoms with E-state index in [1.54, 1.807) is 0 Å². The average Bonchev–Trinajstić information content (AvgIpc) is 3.42. The van der Waals surface area contributed by atoms with Gasteiger partial charge in [0.15, 0.2) is 6.10 Å². The van der Waals surface area contributed by atoms with Gasteiger partial charge in [0.25, 0.3) is 0 Å². The minimum Gasteiger partial charge on any atom is -0.462 e. The van der Waals surface area contributed by atoms with Gasteiger partial charge in [-0.2, -0.15) is 0 Å². The highest BCUT2D eigenvalue weighted by molar-refractivity contribution is 5.71. The lowest BCUT2D eigenvalue weighted by molar-refractivity contribution is -0.167.